The van der Waals surface area contributed by atoms with Crippen LogP contribution >= 0.6 is 0 Å². The first-order valence-corrected chi connectivity index (χ1v) is 11.2. The molecule has 0 aromatic rings. The lowest BCUT2D eigenvalue weighted by Gasteiger charge is -2.29. The number of ether oxygens (including phenoxy) is 2. The second kappa shape index (κ2) is 14.7. The first-order valence-electron chi connectivity index (χ1n) is 11.2. The Labute approximate surface area is 188 Å². The molecule has 1 unspecified atom stereocenters. The summed E-state index contributed by atoms with van der Waals surface area (Å²) in [5, 5.41) is 12.6. The third-order valence-electron chi connectivity index (χ3n) is 4.07. The van der Waals surface area contributed by atoms with E-state index in [0.29, 0.717) is 52.2 Å². The number of esters is 2. The number of nitrogens with zero attached hydrogens (tertiary/aromatic N) is 2. The number of carbonyl (C=O) groups is 2. The van der Waals surface area contributed by atoms with Crippen LogP contribution in [-0.4, -0.2) is 103 Å². The SMILES string of the molecule is CC(O)CCNCCN(CCN(CCN)CC(=O)OC(C)(C)C)CC(=O)OC(C)(C)C. The molecule has 0 amide bonds. The molecule has 0 spiro atoms. The molecule has 0 aromatic carbocycles. The van der Waals surface area contributed by atoms with E-state index in [1.54, 1.807) is 6.92 Å². The fraction of sp³-hybridized carbons (Fsp3) is 0.909. The van der Waals surface area contributed by atoms with Crippen LogP contribution < -0.4 is 11.1 Å². The summed E-state index contributed by atoms with van der Waals surface area (Å²) in [5.41, 5.74) is 4.64. The maximum atomic E-state index is 12.3. The molecule has 0 heterocycles. The molecule has 0 rings (SSSR count). The summed E-state index contributed by atoms with van der Waals surface area (Å²) in [4.78, 5) is 28.5. The lowest BCUT2D eigenvalue weighted by Crippen LogP contribution is -2.45. The van der Waals surface area contributed by atoms with Crippen molar-refractivity contribution in [3.63, 3.8) is 0 Å². The third kappa shape index (κ3) is 19.2. The molecule has 31 heavy (non-hydrogen) atoms. The predicted molar refractivity (Wildman–Crippen MR) is 123 cm³/mol. The van der Waals surface area contributed by atoms with Gasteiger partial charge in [0.25, 0.3) is 0 Å². The average Bonchev–Trinajstić information content (AvgIpc) is 2.55. The summed E-state index contributed by atoms with van der Waals surface area (Å²) < 4.78 is 10.9. The Morgan fingerprint density at radius 2 is 1.32 bits per heavy atom. The summed E-state index contributed by atoms with van der Waals surface area (Å²) in [5.74, 6) is -0.576. The average molecular weight is 447 g/mol. The Morgan fingerprint density at radius 1 is 0.871 bits per heavy atom. The molecule has 0 saturated heterocycles. The molecular weight excluding hydrogens is 400 g/mol. The van der Waals surface area contributed by atoms with Crippen molar-refractivity contribution < 1.29 is 24.2 Å². The van der Waals surface area contributed by atoms with Crippen molar-refractivity contribution in [2.75, 3.05) is 58.9 Å². The van der Waals surface area contributed by atoms with E-state index in [4.69, 9.17) is 15.2 Å². The van der Waals surface area contributed by atoms with E-state index in [-0.39, 0.29) is 31.1 Å². The van der Waals surface area contributed by atoms with Crippen LogP contribution in [0.5, 0.6) is 0 Å². The van der Waals surface area contributed by atoms with E-state index in [1.165, 1.54) is 0 Å². The number of aliphatic hydroxyl groups excluding tert-OH is 1. The van der Waals surface area contributed by atoms with Crippen molar-refractivity contribution in [1.29, 1.82) is 0 Å². The molecule has 9 heteroatoms. The second-order valence-electron chi connectivity index (χ2n) is 9.90. The Balaban J connectivity index is 4.82. The highest BCUT2D eigenvalue weighted by molar-refractivity contribution is 5.72. The summed E-state index contributed by atoms with van der Waals surface area (Å²) in [6.45, 7) is 17.3. The van der Waals surface area contributed by atoms with Crippen LogP contribution in [0.15, 0.2) is 0 Å². The van der Waals surface area contributed by atoms with E-state index in [1.807, 2.05) is 51.3 Å². The van der Waals surface area contributed by atoms with Crippen molar-refractivity contribution >= 4 is 11.9 Å². The highest BCUT2D eigenvalue weighted by Gasteiger charge is 2.21. The Morgan fingerprint density at radius 3 is 1.71 bits per heavy atom. The lowest BCUT2D eigenvalue weighted by atomic mass is 10.2. The van der Waals surface area contributed by atoms with Crippen LogP contribution in [0.1, 0.15) is 54.9 Å². The zero-order chi connectivity index (χ0) is 24.1. The highest BCUT2D eigenvalue weighted by atomic mass is 16.6. The van der Waals surface area contributed by atoms with Crippen molar-refractivity contribution in [2.24, 2.45) is 5.73 Å². The number of nitrogens with one attached hydrogen (secondary N) is 1. The number of hydrogen-bond donors (Lipinski definition) is 3. The Bertz CT molecular complexity index is 515. The maximum Gasteiger partial charge on any atom is 0.320 e. The Kier molecular flexibility index (Phi) is 14.1. The predicted octanol–water partition coefficient (Wildman–Crippen LogP) is 0.593. The minimum absolute atomic E-state index is 0.154. The quantitative estimate of drug-likeness (QED) is 0.245. The zero-order valence-electron chi connectivity index (χ0n) is 20.7. The molecule has 184 valence electrons. The molecule has 1 atom stereocenters. The fourth-order valence-corrected chi connectivity index (χ4v) is 2.79. The topological polar surface area (TPSA) is 117 Å². The lowest BCUT2D eigenvalue weighted by molar-refractivity contribution is -0.158. The van der Waals surface area contributed by atoms with Crippen molar-refractivity contribution in [3.05, 3.63) is 0 Å². The van der Waals surface area contributed by atoms with E-state index < -0.39 is 11.2 Å². The van der Waals surface area contributed by atoms with Gasteiger partial charge in [0, 0.05) is 39.3 Å². The number of carbonyl (C=O) groups excluding carboxylic acids is 2. The molecular formula is C22H46N4O5. The molecule has 9 nitrogen and oxygen atoms in total. The molecule has 0 fully saturated rings. The molecule has 0 bridgehead atoms. The van der Waals surface area contributed by atoms with Crippen LogP contribution in [-0.2, 0) is 19.1 Å². The minimum Gasteiger partial charge on any atom is -0.459 e. The maximum absolute atomic E-state index is 12.3. The number of nitrogens with two attached hydrogens (primary N) is 1. The summed E-state index contributed by atoms with van der Waals surface area (Å²) >= 11 is 0. The van der Waals surface area contributed by atoms with Gasteiger partial charge in [0.15, 0.2) is 0 Å². The molecule has 4 N–H and O–H groups in total. The van der Waals surface area contributed by atoms with Crippen molar-refractivity contribution in [2.45, 2.75) is 72.2 Å². The summed E-state index contributed by atoms with van der Waals surface area (Å²) in [6, 6.07) is 0. The van der Waals surface area contributed by atoms with Crippen molar-refractivity contribution in [1.82, 2.24) is 15.1 Å². The van der Waals surface area contributed by atoms with E-state index in [2.05, 4.69) is 5.32 Å². The molecule has 0 radical (unpaired) electrons. The minimum atomic E-state index is -0.541. The molecule has 0 aliphatic heterocycles. The first kappa shape index (κ1) is 29.7. The number of aliphatic hydroxyl groups is 1. The standard InChI is InChI=1S/C22H46N4O5/c1-18(27)8-10-24-11-13-26(17-20(29)31-22(5,6)7)15-14-25(12-9-23)16-19(28)30-21(2,3)4/h18,24,27H,8-17,23H2,1-7H3. The van der Waals surface area contributed by atoms with Crippen LogP contribution in [0.3, 0.4) is 0 Å². The monoisotopic (exact) mass is 446 g/mol. The Hall–Kier alpha value is -1.26. The van der Waals surface area contributed by atoms with Gasteiger partial charge in [0.05, 0.1) is 19.2 Å². The van der Waals surface area contributed by atoms with Crippen molar-refractivity contribution in [3.8, 4) is 0 Å². The smallest absolute Gasteiger partial charge is 0.320 e. The molecule has 0 saturated carbocycles. The zero-order valence-corrected chi connectivity index (χ0v) is 20.7. The van der Waals surface area contributed by atoms with Crippen LogP contribution in [0.4, 0.5) is 0 Å². The van der Waals surface area contributed by atoms with Crippen LogP contribution in [0, 0.1) is 0 Å². The van der Waals surface area contributed by atoms with Gasteiger partial charge in [-0.25, -0.2) is 0 Å². The largest absolute Gasteiger partial charge is 0.459 e. The van der Waals surface area contributed by atoms with Gasteiger partial charge in [-0.05, 0) is 61.4 Å². The summed E-state index contributed by atoms with van der Waals surface area (Å²) in [7, 11) is 0. The van der Waals surface area contributed by atoms with Gasteiger partial charge >= 0.3 is 11.9 Å². The van der Waals surface area contributed by atoms with Gasteiger partial charge < -0.3 is 25.6 Å². The number of hydrogen-bond acceptors (Lipinski definition) is 9. The fourth-order valence-electron chi connectivity index (χ4n) is 2.79. The highest BCUT2D eigenvalue weighted by Crippen LogP contribution is 2.09. The van der Waals surface area contributed by atoms with E-state index in [9.17, 15) is 14.7 Å². The van der Waals surface area contributed by atoms with Crippen LogP contribution in [0.25, 0.3) is 0 Å². The van der Waals surface area contributed by atoms with E-state index >= 15 is 0 Å². The normalized spacial score (nSPS) is 13.5. The summed E-state index contributed by atoms with van der Waals surface area (Å²) in [6.07, 6.45) is 0.328. The van der Waals surface area contributed by atoms with E-state index in [0.717, 1.165) is 0 Å². The van der Waals surface area contributed by atoms with Crippen LogP contribution in [0.2, 0.25) is 0 Å². The third-order valence-corrected chi connectivity index (χ3v) is 4.07. The van der Waals surface area contributed by atoms with Gasteiger partial charge in [-0.2, -0.15) is 0 Å². The van der Waals surface area contributed by atoms with Gasteiger partial charge in [0.2, 0.25) is 0 Å². The first-order chi connectivity index (χ1) is 14.2. The van der Waals surface area contributed by atoms with Gasteiger partial charge in [0.1, 0.15) is 11.2 Å². The second-order valence-corrected chi connectivity index (χ2v) is 9.90. The van der Waals surface area contributed by atoms with Gasteiger partial charge in [-0.1, -0.05) is 0 Å². The molecule has 0 aliphatic rings. The number of rotatable bonds is 15. The van der Waals surface area contributed by atoms with Gasteiger partial charge in [-0.15, -0.1) is 0 Å². The molecule has 0 aromatic heterocycles. The molecule has 0 aliphatic carbocycles. The van der Waals surface area contributed by atoms with Gasteiger partial charge in [-0.3, -0.25) is 19.4 Å².